The summed E-state index contributed by atoms with van der Waals surface area (Å²) in [5.41, 5.74) is 1.14. The van der Waals surface area contributed by atoms with E-state index in [1.54, 1.807) is 11.3 Å². The summed E-state index contributed by atoms with van der Waals surface area (Å²) in [5.74, 6) is 0. The zero-order valence-corrected chi connectivity index (χ0v) is 10.8. The molecule has 5 heteroatoms. The first-order valence-electron chi connectivity index (χ1n) is 4.61. The number of imidazole rings is 1. The molecule has 0 bridgehead atoms. The second-order valence-corrected chi connectivity index (χ2v) is 5.56. The number of rotatable bonds is 2. The van der Waals surface area contributed by atoms with Crippen molar-refractivity contribution >= 4 is 35.2 Å². The largest absolute Gasteiger partial charge is 0.337 e. The predicted molar refractivity (Wildman–Crippen MR) is 67.5 cm³/mol. The van der Waals surface area contributed by atoms with E-state index in [-0.39, 0.29) is 6.04 Å². The fourth-order valence-corrected chi connectivity index (χ4v) is 3.09. The number of hydrogen-bond donors (Lipinski definition) is 1. The number of thiophene rings is 1. The quantitative estimate of drug-likeness (QED) is 0.802. The fourth-order valence-electron chi connectivity index (χ4n) is 1.63. The molecule has 1 atom stereocenters. The number of hydrogen-bond acceptors (Lipinski definition) is 2. The summed E-state index contributed by atoms with van der Waals surface area (Å²) in [6, 6.07) is 4.21. The number of aromatic nitrogens is 2. The number of halogens is 1. The lowest BCUT2D eigenvalue weighted by Gasteiger charge is -2.13. The van der Waals surface area contributed by atoms with Crippen molar-refractivity contribution in [2.75, 3.05) is 0 Å². The highest BCUT2D eigenvalue weighted by Crippen LogP contribution is 2.29. The molecule has 2 aromatic heterocycles. The van der Waals surface area contributed by atoms with E-state index in [0.717, 1.165) is 14.8 Å². The predicted octanol–water partition coefficient (Wildman–Crippen LogP) is 4.18. The molecule has 2 aromatic rings. The summed E-state index contributed by atoms with van der Waals surface area (Å²) in [7, 11) is 0. The van der Waals surface area contributed by atoms with Crippen molar-refractivity contribution in [1.82, 2.24) is 9.55 Å². The molecule has 15 heavy (non-hydrogen) atoms. The van der Waals surface area contributed by atoms with Crippen LogP contribution in [-0.4, -0.2) is 9.55 Å². The van der Waals surface area contributed by atoms with Crippen LogP contribution in [0.1, 0.15) is 23.5 Å². The second-order valence-electron chi connectivity index (χ2n) is 3.42. The third-order valence-corrected chi connectivity index (χ3v) is 4.11. The van der Waals surface area contributed by atoms with Gasteiger partial charge < -0.3 is 9.55 Å². The van der Waals surface area contributed by atoms with Gasteiger partial charge in [-0.15, -0.1) is 11.3 Å². The van der Waals surface area contributed by atoms with Gasteiger partial charge in [-0.1, -0.05) is 11.6 Å². The van der Waals surface area contributed by atoms with Crippen LogP contribution >= 0.6 is 35.2 Å². The van der Waals surface area contributed by atoms with Gasteiger partial charge >= 0.3 is 0 Å². The van der Waals surface area contributed by atoms with Gasteiger partial charge in [-0.3, -0.25) is 0 Å². The van der Waals surface area contributed by atoms with Gasteiger partial charge in [0.1, 0.15) is 0 Å². The maximum absolute atomic E-state index is 5.92. The summed E-state index contributed by atoms with van der Waals surface area (Å²) < 4.78 is 3.67. The third-order valence-electron chi connectivity index (χ3n) is 2.40. The Morgan fingerprint density at radius 2 is 2.27 bits per heavy atom. The maximum Gasteiger partial charge on any atom is 0.177 e. The SMILES string of the molecule is Cc1c[nH]c(=S)n1C(C)c1ccc(Cl)s1. The Kier molecular flexibility index (Phi) is 3.00. The zero-order chi connectivity index (χ0) is 11.0. The van der Waals surface area contributed by atoms with Crippen LogP contribution in [0.3, 0.4) is 0 Å². The van der Waals surface area contributed by atoms with E-state index < -0.39 is 0 Å². The van der Waals surface area contributed by atoms with Crippen LogP contribution in [0.15, 0.2) is 18.3 Å². The molecule has 80 valence electrons. The molecule has 0 radical (unpaired) electrons. The lowest BCUT2D eigenvalue weighted by atomic mass is 10.2. The van der Waals surface area contributed by atoms with Gasteiger partial charge in [-0.2, -0.15) is 0 Å². The van der Waals surface area contributed by atoms with Crippen molar-refractivity contribution in [2.45, 2.75) is 19.9 Å². The molecule has 0 saturated carbocycles. The number of H-pyrrole nitrogens is 1. The molecule has 0 aliphatic heterocycles. The highest BCUT2D eigenvalue weighted by atomic mass is 35.5. The molecule has 0 aromatic carbocycles. The number of aromatic amines is 1. The van der Waals surface area contributed by atoms with Crippen LogP contribution < -0.4 is 0 Å². The molecule has 0 amide bonds. The molecule has 2 rings (SSSR count). The normalized spacial score (nSPS) is 13.0. The van der Waals surface area contributed by atoms with Gasteiger partial charge in [0.05, 0.1) is 10.4 Å². The van der Waals surface area contributed by atoms with Crippen LogP contribution in [0, 0.1) is 11.7 Å². The van der Waals surface area contributed by atoms with Gasteiger partial charge in [0.2, 0.25) is 0 Å². The first-order chi connectivity index (χ1) is 7.09. The van der Waals surface area contributed by atoms with E-state index in [1.807, 2.05) is 25.3 Å². The molecular weight excluding hydrogens is 248 g/mol. The van der Waals surface area contributed by atoms with E-state index >= 15 is 0 Å². The Morgan fingerprint density at radius 1 is 1.53 bits per heavy atom. The van der Waals surface area contributed by atoms with E-state index in [2.05, 4.69) is 16.5 Å². The Balaban J connectivity index is 2.44. The van der Waals surface area contributed by atoms with E-state index in [4.69, 9.17) is 23.8 Å². The topological polar surface area (TPSA) is 20.7 Å². The molecule has 1 unspecified atom stereocenters. The van der Waals surface area contributed by atoms with Crippen LogP contribution in [0.4, 0.5) is 0 Å². The van der Waals surface area contributed by atoms with Crippen LogP contribution in [0.5, 0.6) is 0 Å². The number of nitrogens with zero attached hydrogens (tertiary/aromatic N) is 1. The number of nitrogens with one attached hydrogen (secondary N) is 1. The molecule has 0 fully saturated rings. The summed E-state index contributed by atoms with van der Waals surface area (Å²) in [6.07, 6.45) is 1.92. The molecule has 1 N–H and O–H groups in total. The van der Waals surface area contributed by atoms with Gasteiger partial charge in [0.15, 0.2) is 4.77 Å². The first-order valence-corrected chi connectivity index (χ1v) is 6.21. The van der Waals surface area contributed by atoms with Crippen molar-refractivity contribution in [3.63, 3.8) is 0 Å². The second kappa shape index (κ2) is 4.12. The highest BCUT2D eigenvalue weighted by Gasteiger charge is 2.12. The molecule has 0 aliphatic carbocycles. The molecular formula is C10H11ClN2S2. The Morgan fingerprint density at radius 3 is 2.73 bits per heavy atom. The van der Waals surface area contributed by atoms with Crippen LogP contribution in [0.25, 0.3) is 0 Å². The maximum atomic E-state index is 5.92. The summed E-state index contributed by atoms with van der Waals surface area (Å²) in [6.45, 7) is 4.16. The van der Waals surface area contributed by atoms with Crippen LogP contribution in [0.2, 0.25) is 4.34 Å². The number of aryl methyl sites for hydroxylation is 1. The monoisotopic (exact) mass is 258 g/mol. The van der Waals surface area contributed by atoms with Crippen molar-refractivity contribution in [3.05, 3.63) is 38.0 Å². The fraction of sp³-hybridized carbons (Fsp3) is 0.300. The highest BCUT2D eigenvalue weighted by molar-refractivity contribution is 7.71. The summed E-state index contributed by atoms with van der Waals surface area (Å²) >= 11 is 12.8. The van der Waals surface area contributed by atoms with Gasteiger partial charge in [0.25, 0.3) is 0 Å². The summed E-state index contributed by atoms with van der Waals surface area (Å²) in [5, 5.41) is 0. The summed E-state index contributed by atoms with van der Waals surface area (Å²) in [4.78, 5) is 4.26. The lowest BCUT2D eigenvalue weighted by Crippen LogP contribution is -2.06. The van der Waals surface area contributed by atoms with E-state index in [1.165, 1.54) is 4.88 Å². The van der Waals surface area contributed by atoms with E-state index in [0.29, 0.717) is 0 Å². The molecule has 0 spiro atoms. The molecule has 2 heterocycles. The van der Waals surface area contributed by atoms with E-state index in [9.17, 15) is 0 Å². The standard InChI is InChI=1S/C10H11ClN2S2/c1-6-5-12-10(14)13(6)7(2)8-3-4-9(11)15-8/h3-5,7H,1-2H3,(H,12,14). The van der Waals surface area contributed by atoms with Crippen molar-refractivity contribution < 1.29 is 0 Å². The lowest BCUT2D eigenvalue weighted by molar-refractivity contribution is 0.624. The minimum absolute atomic E-state index is 0.237. The Labute approximate surface area is 103 Å². The molecule has 0 aliphatic rings. The molecule has 2 nitrogen and oxygen atoms in total. The van der Waals surface area contributed by atoms with Crippen molar-refractivity contribution in [1.29, 1.82) is 0 Å². The van der Waals surface area contributed by atoms with Crippen molar-refractivity contribution in [2.24, 2.45) is 0 Å². The average Bonchev–Trinajstić information content (AvgIpc) is 2.73. The average molecular weight is 259 g/mol. The minimum atomic E-state index is 0.237. The smallest absolute Gasteiger partial charge is 0.177 e. The van der Waals surface area contributed by atoms with Crippen LogP contribution in [-0.2, 0) is 0 Å². The van der Waals surface area contributed by atoms with Gasteiger partial charge in [-0.05, 0) is 38.2 Å². The Bertz CT molecular complexity index is 524. The zero-order valence-electron chi connectivity index (χ0n) is 8.45. The Hall–Kier alpha value is -0.580. The third kappa shape index (κ3) is 2.02. The first kappa shape index (κ1) is 10.9. The van der Waals surface area contributed by atoms with Crippen molar-refractivity contribution in [3.8, 4) is 0 Å². The van der Waals surface area contributed by atoms with Gasteiger partial charge in [0, 0.05) is 16.8 Å². The molecule has 0 saturated heterocycles. The van der Waals surface area contributed by atoms with Gasteiger partial charge in [-0.25, -0.2) is 0 Å². The minimum Gasteiger partial charge on any atom is -0.337 e.